The molecule has 0 spiro atoms. The first-order chi connectivity index (χ1) is 8.48. The highest BCUT2D eigenvalue weighted by Gasteiger charge is 2.34. The van der Waals surface area contributed by atoms with Crippen molar-refractivity contribution in [3.8, 4) is 0 Å². The average molecular weight is 296 g/mol. The summed E-state index contributed by atoms with van der Waals surface area (Å²) < 4.78 is 37.9. The zero-order valence-corrected chi connectivity index (χ0v) is 10.6. The Kier molecular flexibility index (Phi) is 5.13. The van der Waals surface area contributed by atoms with Crippen molar-refractivity contribution in [1.29, 1.82) is 0 Å². The van der Waals surface area contributed by atoms with Crippen molar-refractivity contribution in [3.63, 3.8) is 0 Å². The maximum Gasteiger partial charge on any atom is 0.418 e. The Balaban J connectivity index is 0.00000180. The molecule has 1 aliphatic heterocycles. The quantitative estimate of drug-likeness (QED) is 0.885. The topological polar surface area (TPSA) is 54.0 Å². The summed E-state index contributed by atoms with van der Waals surface area (Å²) in [4.78, 5) is 15.2. The van der Waals surface area contributed by atoms with E-state index < -0.39 is 11.7 Å². The van der Waals surface area contributed by atoms with Crippen LogP contribution in [0.5, 0.6) is 0 Å². The first kappa shape index (κ1) is 15.7. The van der Waals surface area contributed by atoms with Crippen LogP contribution in [0, 0.1) is 5.92 Å². The van der Waals surface area contributed by atoms with Crippen LogP contribution in [-0.2, 0) is 17.5 Å². The van der Waals surface area contributed by atoms with Crippen molar-refractivity contribution in [2.75, 3.05) is 13.1 Å². The molecule has 2 rings (SSSR count). The van der Waals surface area contributed by atoms with Crippen LogP contribution >= 0.6 is 12.4 Å². The van der Waals surface area contributed by atoms with E-state index >= 15 is 0 Å². The van der Waals surface area contributed by atoms with E-state index in [1.54, 1.807) is 0 Å². The van der Waals surface area contributed by atoms with Gasteiger partial charge >= 0.3 is 6.18 Å². The van der Waals surface area contributed by atoms with Gasteiger partial charge in [-0.05, 0) is 12.1 Å². The molecule has 0 radical (unpaired) electrons. The molecule has 1 fully saturated rings. The second kappa shape index (κ2) is 6.21. The first-order valence-corrected chi connectivity index (χ1v) is 5.48. The molecule has 0 atom stereocenters. The number of amides is 1. The van der Waals surface area contributed by atoms with Crippen LogP contribution in [0.1, 0.15) is 11.3 Å². The van der Waals surface area contributed by atoms with Crippen LogP contribution in [0.15, 0.2) is 18.3 Å². The van der Waals surface area contributed by atoms with Crippen LogP contribution < -0.4 is 10.6 Å². The van der Waals surface area contributed by atoms with Crippen LogP contribution in [0.25, 0.3) is 0 Å². The Labute approximate surface area is 114 Å². The lowest BCUT2D eigenvalue weighted by atomic mass is 10.0. The fourth-order valence-electron chi connectivity index (χ4n) is 1.63. The summed E-state index contributed by atoms with van der Waals surface area (Å²) in [5.74, 6) is -0.393. The van der Waals surface area contributed by atoms with Crippen LogP contribution in [0.3, 0.4) is 0 Å². The molecule has 2 heterocycles. The van der Waals surface area contributed by atoms with Crippen molar-refractivity contribution >= 4 is 18.3 Å². The molecular weight excluding hydrogens is 283 g/mol. The van der Waals surface area contributed by atoms with Gasteiger partial charge in [-0.3, -0.25) is 9.78 Å². The van der Waals surface area contributed by atoms with Gasteiger partial charge in [-0.15, -0.1) is 12.4 Å². The maximum absolute atomic E-state index is 12.6. The van der Waals surface area contributed by atoms with E-state index in [1.807, 2.05) is 0 Å². The van der Waals surface area contributed by atoms with E-state index in [0.29, 0.717) is 13.1 Å². The number of pyridine rings is 1. The molecule has 1 aromatic heterocycles. The molecule has 0 unspecified atom stereocenters. The Hall–Kier alpha value is -1.34. The summed E-state index contributed by atoms with van der Waals surface area (Å²) in [5.41, 5.74) is -0.970. The average Bonchev–Trinajstić information content (AvgIpc) is 2.23. The lowest BCUT2D eigenvalue weighted by molar-refractivity contribution is -0.139. The van der Waals surface area contributed by atoms with E-state index in [0.717, 1.165) is 6.07 Å². The predicted octanol–water partition coefficient (Wildman–Crippen LogP) is 1.36. The number of aromatic nitrogens is 1. The lowest BCUT2D eigenvalue weighted by Gasteiger charge is -2.25. The second-order valence-electron chi connectivity index (χ2n) is 4.07. The van der Waals surface area contributed by atoms with E-state index in [1.165, 1.54) is 12.3 Å². The minimum Gasteiger partial charge on any atom is -0.350 e. The molecule has 8 heteroatoms. The van der Waals surface area contributed by atoms with Gasteiger partial charge in [-0.1, -0.05) is 0 Å². The van der Waals surface area contributed by atoms with Gasteiger partial charge in [0.05, 0.1) is 23.7 Å². The van der Waals surface area contributed by atoms with Gasteiger partial charge in [-0.2, -0.15) is 13.2 Å². The summed E-state index contributed by atoms with van der Waals surface area (Å²) in [7, 11) is 0. The fraction of sp³-hybridized carbons (Fsp3) is 0.455. The molecule has 4 nitrogen and oxygen atoms in total. The van der Waals surface area contributed by atoms with Gasteiger partial charge in [0, 0.05) is 19.3 Å². The Morgan fingerprint density at radius 3 is 2.68 bits per heavy atom. The number of rotatable bonds is 3. The summed E-state index contributed by atoms with van der Waals surface area (Å²) in [6.45, 7) is 0.936. The molecule has 1 amide bonds. The molecule has 0 aromatic carbocycles. The maximum atomic E-state index is 12.6. The van der Waals surface area contributed by atoms with Crippen molar-refractivity contribution in [2.45, 2.75) is 12.7 Å². The standard InChI is InChI=1S/C11H12F3N3O.ClH/c12-11(13,14)8-2-1-3-16-9(8)6-17-10(18)7-4-15-5-7;/h1-3,7,15H,4-6H2,(H,17,18);1H. The molecule has 19 heavy (non-hydrogen) atoms. The third-order valence-electron chi connectivity index (χ3n) is 2.78. The van der Waals surface area contributed by atoms with Crippen molar-refractivity contribution < 1.29 is 18.0 Å². The third kappa shape index (κ3) is 3.81. The lowest BCUT2D eigenvalue weighted by Crippen LogP contribution is -2.50. The summed E-state index contributed by atoms with van der Waals surface area (Å²) in [6.07, 6.45) is -3.17. The van der Waals surface area contributed by atoms with E-state index in [2.05, 4.69) is 15.6 Å². The molecule has 2 N–H and O–H groups in total. The van der Waals surface area contributed by atoms with E-state index in [4.69, 9.17) is 0 Å². The molecule has 0 bridgehead atoms. The highest BCUT2D eigenvalue weighted by molar-refractivity contribution is 5.85. The Morgan fingerprint density at radius 1 is 1.47 bits per heavy atom. The van der Waals surface area contributed by atoms with Gasteiger partial charge in [0.1, 0.15) is 0 Å². The highest BCUT2D eigenvalue weighted by atomic mass is 35.5. The zero-order chi connectivity index (χ0) is 13.2. The third-order valence-corrected chi connectivity index (χ3v) is 2.78. The molecule has 1 aromatic rings. The van der Waals surface area contributed by atoms with Crippen LogP contribution in [0.4, 0.5) is 13.2 Å². The second-order valence-corrected chi connectivity index (χ2v) is 4.07. The largest absolute Gasteiger partial charge is 0.418 e. The number of halogens is 4. The predicted molar refractivity (Wildman–Crippen MR) is 64.7 cm³/mol. The molecule has 1 aliphatic rings. The number of hydrogen-bond donors (Lipinski definition) is 2. The molecule has 0 aliphatic carbocycles. The summed E-state index contributed by atoms with van der Waals surface area (Å²) >= 11 is 0. The zero-order valence-electron chi connectivity index (χ0n) is 9.83. The van der Waals surface area contributed by atoms with Gasteiger partial charge in [0.25, 0.3) is 0 Å². The Bertz CT molecular complexity index is 449. The number of carbonyl (C=O) groups excluding carboxylic acids is 1. The number of alkyl halides is 3. The molecule has 0 saturated carbocycles. The molecule has 1 saturated heterocycles. The first-order valence-electron chi connectivity index (χ1n) is 5.48. The number of nitrogens with zero attached hydrogens (tertiary/aromatic N) is 1. The molecular formula is C11H13ClF3N3O. The molecule has 106 valence electrons. The fourth-order valence-corrected chi connectivity index (χ4v) is 1.63. The minimum atomic E-state index is -4.45. The monoisotopic (exact) mass is 295 g/mol. The number of carbonyl (C=O) groups is 1. The van der Waals surface area contributed by atoms with Crippen molar-refractivity contribution in [3.05, 3.63) is 29.6 Å². The number of hydrogen-bond acceptors (Lipinski definition) is 3. The van der Waals surface area contributed by atoms with Crippen molar-refractivity contribution in [1.82, 2.24) is 15.6 Å². The van der Waals surface area contributed by atoms with E-state index in [-0.39, 0.29) is 36.5 Å². The van der Waals surface area contributed by atoms with Crippen LogP contribution in [-0.4, -0.2) is 24.0 Å². The van der Waals surface area contributed by atoms with Gasteiger partial charge in [0.15, 0.2) is 0 Å². The van der Waals surface area contributed by atoms with Crippen LogP contribution in [0.2, 0.25) is 0 Å². The van der Waals surface area contributed by atoms with Gasteiger partial charge < -0.3 is 10.6 Å². The highest BCUT2D eigenvalue weighted by Crippen LogP contribution is 2.30. The minimum absolute atomic E-state index is 0. The normalized spacial score (nSPS) is 15.3. The van der Waals surface area contributed by atoms with Gasteiger partial charge in [0.2, 0.25) is 5.91 Å². The summed E-state index contributed by atoms with van der Waals surface area (Å²) in [5, 5.41) is 5.39. The SMILES string of the molecule is Cl.O=C(NCc1ncccc1C(F)(F)F)C1CNC1. The van der Waals surface area contributed by atoms with E-state index in [9.17, 15) is 18.0 Å². The summed E-state index contributed by atoms with van der Waals surface area (Å²) in [6, 6.07) is 2.18. The van der Waals surface area contributed by atoms with Crippen molar-refractivity contribution in [2.24, 2.45) is 5.92 Å². The van der Waals surface area contributed by atoms with Gasteiger partial charge in [-0.25, -0.2) is 0 Å². The number of nitrogens with one attached hydrogen (secondary N) is 2. The Morgan fingerprint density at radius 2 is 2.16 bits per heavy atom. The smallest absolute Gasteiger partial charge is 0.350 e.